The molecule has 3 aromatic heterocycles. The molecular weight excluding hydrogens is 740 g/mol. The van der Waals surface area contributed by atoms with Gasteiger partial charge in [-0.3, -0.25) is 23.4 Å². The van der Waals surface area contributed by atoms with Gasteiger partial charge in [-0.1, -0.05) is 0 Å². The van der Waals surface area contributed by atoms with Crippen LogP contribution in [0.2, 0.25) is 0 Å². The van der Waals surface area contributed by atoms with Crippen molar-refractivity contribution in [2.75, 3.05) is 36.5 Å². The number of phosphoric acid groups is 4. The van der Waals surface area contributed by atoms with E-state index in [9.17, 15) is 52.8 Å². The van der Waals surface area contributed by atoms with E-state index in [4.69, 9.17) is 16.2 Å². The predicted octanol–water partition coefficient (Wildman–Crippen LogP) is -1.62. The second-order valence-electron chi connectivity index (χ2n) is 9.50. The third-order valence-electron chi connectivity index (χ3n) is 6.06. The van der Waals surface area contributed by atoms with Gasteiger partial charge in [0.1, 0.15) is 30.2 Å². The van der Waals surface area contributed by atoms with Crippen molar-refractivity contribution < 1.29 is 74.8 Å². The first-order valence-electron chi connectivity index (χ1n) is 12.6. The Kier molecular flexibility index (Phi) is 10.1. The quantitative estimate of drug-likeness (QED) is 0.0874. The maximum absolute atomic E-state index is 12.3. The SMILES string of the molecule is Nc1nc2c(c(=O)[nH]1)N=C(COP(=O)(O)OP(=O)(O)OP(=O)(O)OP(=O)(O)OC[C@H]1O[C@@H](n3cnc4c(N)ncnc43)[C@H](O)[C@@H]1O)CN2. The molecule has 0 amide bonds. The lowest BCUT2D eigenvalue weighted by Gasteiger charge is -2.21. The van der Waals surface area contributed by atoms with Gasteiger partial charge in [0.2, 0.25) is 5.95 Å². The summed E-state index contributed by atoms with van der Waals surface area (Å²) in [5.74, 6) is -0.242. The Labute approximate surface area is 265 Å². The minimum absolute atomic E-state index is 0.00493. The number of hydrogen-bond donors (Lipinski definition) is 10. The van der Waals surface area contributed by atoms with E-state index >= 15 is 0 Å². The van der Waals surface area contributed by atoms with Gasteiger partial charge in [0.05, 0.1) is 31.8 Å². The van der Waals surface area contributed by atoms with Gasteiger partial charge in [-0.15, -0.1) is 0 Å². The zero-order valence-corrected chi connectivity index (χ0v) is 27.0. The maximum atomic E-state index is 12.3. The number of aromatic nitrogens is 6. The largest absolute Gasteiger partial charge is 0.490 e. The molecule has 0 aromatic carbocycles. The zero-order valence-electron chi connectivity index (χ0n) is 23.4. The number of aliphatic imine (C=N–C) groups is 1. The first kappa shape index (κ1) is 36.2. The van der Waals surface area contributed by atoms with Crippen molar-refractivity contribution in [3.05, 3.63) is 23.0 Å². The van der Waals surface area contributed by atoms with Gasteiger partial charge >= 0.3 is 31.3 Å². The Balaban J connectivity index is 1.15. The number of phosphoric ester groups is 2. The molecule has 4 unspecified atom stereocenters. The molecule has 27 nitrogen and oxygen atoms in total. The fourth-order valence-corrected chi connectivity index (χ4v) is 9.05. The molecule has 2 aliphatic rings. The van der Waals surface area contributed by atoms with Gasteiger partial charge < -0.3 is 51.3 Å². The summed E-state index contributed by atoms with van der Waals surface area (Å²) in [5.41, 5.74) is 10.2. The number of rotatable bonds is 13. The van der Waals surface area contributed by atoms with Crippen LogP contribution in [-0.4, -0.2) is 103 Å². The summed E-state index contributed by atoms with van der Waals surface area (Å²) in [4.78, 5) is 72.7. The topological polar surface area (TPSA) is 411 Å². The first-order valence-corrected chi connectivity index (χ1v) is 18.6. The van der Waals surface area contributed by atoms with Gasteiger partial charge in [0, 0.05) is 0 Å². The lowest BCUT2D eigenvalue weighted by atomic mass is 10.1. The molecule has 1 saturated heterocycles. The second kappa shape index (κ2) is 13.3. The second-order valence-corrected chi connectivity index (χ2v) is 15.7. The molecule has 0 aliphatic carbocycles. The summed E-state index contributed by atoms with van der Waals surface area (Å²) < 4.78 is 76.2. The smallest absolute Gasteiger partial charge is 0.387 e. The average molecular weight is 764 g/mol. The number of imidazole rings is 1. The van der Waals surface area contributed by atoms with Crippen LogP contribution in [0.15, 0.2) is 22.4 Å². The number of fused-ring (bicyclic) bond motifs is 2. The molecule has 2 aliphatic heterocycles. The van der Waals surface area contributed by atoms with Gasteiger partial charge in [0.25, 0.3) is 5.56 Å². The molecule has 0 saturated carbocycles. The summed E-state index contributed by atoms with van der Waals surface area (Å²) in [6.45, 7) is -2.19. The monoisotopic (exact) mass is 764 g/mol. The molecule has 5 rings (SSSR count). The van der Waals surface area contributed by atoms with Crippen LogP contribution in [-0.2, 0) is 45.0 Å². The van der Waals surface area contributed by atoms with E-state index in [1.807, 2.05) is 0 Å². The summed E-state index contributed by atoms with van der Waals surface area (Å²) in [5, 5.41) is 23.4. The fraction of sp³-hybridized carbons (Fsp3) is 0.412. The molecule has 264 valence electrons. The summed E-state index contributed by atoms with van der Waals surface area (Å²) in [6.07, 6.45) is -4.20. The highest BCUT2D eigenvalue weighted by Gasteiger charge is 2.48. The molecule has 1 fully saturated rings. The lowest BCUT2D eigenvalue weighted by molar-refractivity contribution is -0.0503. The highest BCUT2D eigenvalue weighted by Crippen LogP contribution is 2.71. The average Bonchev–Trinajstić information content (AvgIpc) is 3.50. The fourth-order valence-electron chi connectivity index (χ4n) is 4.12. The molecule has 0 bridgehead atoms. The van der Waals surface area contributed by atoms with E-state index < -0.39 is 74.6 Å². The van der Waals surface area contributed by atoms with Gasteiger partial charge in [-0.2, -0.15) is 17.9 Å². The number of ether oxygens (including phenoxy) is 1. The van der Waals surface area contributed by atoms with E-state index in [0.717, 1.165) is 12.7 Å². The van der Waals surface area contributed by atoms with Crippen molar-refractivity contribution in [1.29, 1.82) is 0 Å². The molecule has 5 heterocycles. The number of anilines is 3. The number of aliphatic hydroxyl groups excluding tert-OH is 2. The number of H-pyrrole nitrogens is 1. The molecule has 0 radical (unpaired) electrons. The summed E-state index contributed by atoms with van der Waals surface area (Å²) in [7, 11) is -23.6. The Morgan fingerprint density at radius 2 is 1.58 bits per heavy atom. The lowest BCUT2D eigenvalue weighted by Crippen LogP contribution is -2.33. The molecule has 0 spiro atoms. The van der Waals surface area contributed by atoms with Crippen LogP contribution in [0.4, 0.5) is 23.3 Å². The first-order chi connectivity index (χ1) is 22.2. The number of aromatic amines is 1. The van der Waals surface area contributed by atoms with Crippen LogP contribution in [0.1, 0.15) is 6.23 Å². The third-order valence-corrected chi connectivity index (χ3v) is 11.9. The van der Waals surface area contributed by atoms with Crippen LogP contribution in [0, 0.1) is 0 Å². The highest BCUT2D eigenvalue weighted by molar-refractivity contribution is 7.69. The minimum atomic E-state index is -6.13. The Morgan fingerprint density at radius 1 is 0.938 bits per heavy atom. The number of nitrogens with one attached hydrogen (secondary N) is 2. The van der Waals surface area contributed by atoms with Crippen LogP contribution < -0.4 is 22.3 Å². The van der Waals surface area contributed by atoms with E-state index in [-0.39, 0.29) is 46.7 Å². The maximum Gasteiger partial charge on any atom is 0.490 e. The van der Waals surface area contributed by atoms with E-state index in [1.165, 1.54) is 4.57 Å². The van der Waals surface area contributed by atoms with E-state index in [1.54, 1.807) is 0 Å². The van der Waals surface area contributed by atoms with Crippen LogP contribution in [0.25, 0.3) is 11.2 Å². The Hall–Kier alpha value is -3.06. The van der Waals surface area contributed by atoms with Crippen LogP contribution in [0.3, 0.4) is 0 Å². The van der Waals surface area contributed by atoms with Crippen molar-refractivity contribution in [1.82, 2.24) is 29.5 Å². The number of nitrogens with two attached hydrogens (primary N) is 2. The molecular formula is C17H24N10O17P4. The van der Waals surface area contributed by atoms with Crippen LogP contribution >= 0.6 is 31.3 Å². The number of nitrogens with zero attached hydrogens (tertiary/aromatic N) is 6. The van der Waals surface area contributed by atoms with E-state index in [0.29, 0.717) is 0 Å². The van der Waals surface area contributed by atoms with Crippen molar-refractivity contribution in [3.8, 4) is 0 Å². The van der Waals surface area contributed by atoms with Gasteiger partial charge in [-0.25, -0.2) is 38.2 Å². The van der Waals surface area contributed by atoms with Crippen molar-refractivity contribution in [2.45, 2.75) is 24.5 Å². The number of aliphatic hydroxyl groups is 2. The third kappa shape index (κ3) is 8.38. The molecule has 3 aromatic rings. The summed E-state index contributed by atoms with van der Waals surface area (Å²) in [6, 6.07) is 0. The van der Waals surface area contributed by atoms with Crippen molar-refractivity contribution in [2.24, 2.45) is 4.99 Å². The predicted molar refractivity (Wildman–Crippen MR) is 155 cm³/mol. The molecule has 31 heteroatoms. The normalized spacial score (nSPS) is 26.0. The van der Waals surface area contributed by atoms with Gasteiger partial charge in [-0.05, 0) is 0 Å². The minimum Gasteiger partial charge on any atom is -0.387 e. The van der Waals surface area contributed by atoms with Crippen molar-refractivity contribution in [3.63, 3.8) is 0 Å². The number of nitrogen functional groups attached to an aromatic ring is 2. The molecule has 12 N–H and O–H groups in total. The molecule has 8 atom stereocenters. The van der Waals surface area contributed by atoms with Gasteiger partial charge in [0.15, 0.2) is 29.2 Å². The summed E-state index contributed by atoms with van der Waals surface area (Å²) >= 11 is 0. The van der Waals surface area contributed by atoms with Crippen molar-refractivity contribution >= 4 is 71.4 Å². The standard InChI is InChI=1S/C17H24N10O17P4/c18-12-8-14(22-4-21-12)27(5-23-8)16-11(29)10(28)7(41-16)3-40-46(33,34)43-48(37,38)44-47(35,36)42-45(31,32)39-2-6-1-20-13-9(24-6)15(30)26-17(19)25-13/h4-5,7,10-11,16,28-29H,1-3H2,(H,31,32)(H,33,34)(H,35,36)(H,37,38)(H2,18,21,22)(H4,19,20,25,26,30)/t7-,10-,11-,16-/m1/s1. The zero-order chi connectivity index (χ0) is 35.2. The number of hydrogen-bond acceptors (Lipinski definition) is 21. The Bertz CT molecular complexity index is 2010. The van der Waals surface area contributed by atoms with E-state index in [2.05, 4.69) is 57.2 Å². The molecule has 48 heavy (non-hydrogen) atoms. The van der Waals surface area contributed by atoms with Crippen LogP contribution in [0.5, 0.6) is 0 Å². The Morgan fingerprint density at radius 3 is 2.27 bits per heavy atom. The highest BCUT2D eigenvalue weighted by atomic mass is 31.3.